The normalized spacial score (nSPS) is 17.1. The lowest BCUT2D eigenvalue weighted by molar-refractivity contribution is -0.128. The van der Waals surface area contributed by atoms with Crippen molar-refractivity contribution in [2.24, 2.45) is 10.7 Å². The second-order valence-electron chi connectivity index (χ2n) is 6.80. The molecule has 2 aromatic rings. The van der Waals surface area contributed by atoms with Gasteiger partial charge in [-0.1, -0.05) is 17.8 Å². The molecule has 0 bridgehead atoms. The molecule has 1 aliphatic heterocycles. The van der Waals surface area contributed by atoms with E-state index in [1.165, 1.54) is 11.8 Å². The molecule has 2 N–H and O–H groups in total. The molecule has 0 aromatic heterocycles. The van der Waals surface area contributed by atoms with Gasteiger partial charge < -0.3 is 19.9 Å². The van der Waals surface area contributed by atoms with Crippen LogP contribution in [0.25, 0.3) is 0 Å². The van der Waals surface area contributed by atoms with E-state index < -0.39 is 11.2 Å². The molecule has 9 heteroatoms. The van der Waals surface area contributed by atoms with Crippen LogP contribution in [0.3, 0.4) is 0 Å². The van der Waals surface area contributed by atoms with Gasteiger partial charge in [0.1, 0.15) is 11.0 Å². The summed E-state index contributed by atoms with van der Waals surface area (Å²) in [7, 11) is 4.76. The summed E-state index contributed by atoms with van der Waals surface area (Å²) >= 11 is 1.26. The summed E-state index contributed by atoms with van der Waals surface area (Å²) in [5.74, 6) is 1.30. The minimum absolute atomic E-state index is 0.0298. The van der Waals surface area contributed by atoms with Crippen molar-refractivity contribution in [1.82, 2.24) is 4.90 Å². The molecule has 0 radical (unpaired) electrons. The molecule has 1 fully saturated rings. The summed E-state index contributed by atoms with van der Waals surface area (Å²) < 4.78 is 15.8. The maximum Gasteiger partial charge on any atom is 0.242 e. The molecule has 1 aliphatic rings. The van der Waals surface area contributed by atoms with Crippen LogP contribution in [-0.4, -0.2) is 55.0 Å². The Labute approximate surface area is 185 Å². The number of nitrogens with zero attached hydrogens (tertiary/aromatic N) is 2. The van der Waals surface area contributed by atoms with E-state index in [4.69, 9.17) is 19.9 Å². The Hall–Kier alpha value is -3.20. The standard InChI is InChI=1S/C22H25N3O5S/c1-28-16-7-5-15(6-8-16)24-22-25(21(27)19(31-22)13-20(23)26)11-10-14-4-9-17(29-2)18(12-14)30-3/h4-9,12,19H,10-11,13H2,1-3H3,(H2,23,26)/t19-/m0/s1. The van der Waals surface area contributed by atoms with Gasteiger partial charge in [0, 0.05) is 13.0 Å². The monoisotopic (exact) mass is 443 g/mol. The van der Waals surface area contributed by atoms with E-state index in [9.17, 15) is 9.59 Å². The molecule has 0 aliphatic carbocycles. The van der Waals surface area contributed by atoms with Gasteiger partial charge in [-0.25, -0.2) is 4.99 Å². The first-order valence-electron chi connectivity index (χ1n) is 9.65. The van der Waals surface area contributed by atoms with Crippen molar-refractivity contribution in [2.75, 3.05) is 27.9 Å². The Morgan fingerprint density at radius 3 is 2.39 bits per heavy atom. The Bertz CT molecular complexity index is 978. The molecular formula is C22H25N3O5S. The van der Waals surface area contributed by atoms with Crippen LogP contribution in [0, 0.1) is 0 Å². The Morgan fingerprint density at radius 2 is 1.77 bits per heavy atom. The lowest BCUT2D eigenvalue weighted by Gasteiger charge is -2.17. The van der Waals surface area contributed by atoms with E-state index >= 15 is 0 Å². The molecule has 0 saturated carbocycles. The fourth-order valence-corrected chi connectivity index (χ4v) is 4.35. The first-order chi connectivity index (χ1) is 14.9. The number of carbonyl (C=O) groups excluding carboxylic acids is 2. The number of thioether (sulfide) groups is 1. The van der Waals surface area contributed by atoms with Crippen LogP contribution >= 0.6 is 11.8 Å². The zero-order chi connectivity index (χ0) is 22.4. The lowest BCUT2D eigenvalue weighted by atomic mass is 10.1. The number of hydrogen-bond donors (Lipinski definition) is 1. The van der Waals surface area contributed by atoms with Gasteiger partial charge >= 0.3 is 0 Å². The van der Waals surface area contributed by atoms with E-state index in [1.807, 2.05) is 30.3 Å². The van der Waals surface area contributed by atoms with Crippen molar-refractivity contribution in [2.45, 2.75) is 18.1 Å². The number of ether oxygens (including phenoxy) is 3. The summed E-state index contributed by atoms with van der Waals surface area (Å²) in [5.41, 5.74) is 7.00. The van der Waals surface area contributed by atoms with Crippen molar-refractivity contribution in [3.63, 3.8) is 0 Å². The number of methoxy groups -OCH3 is 3. The highest BCUT2D eigenvalue weighted by Gasteiger charge is 2.38. The number of aliphatic imine (C=N–C) groups is 1. The summed E-state index contributed by atoms with van der Waals surface area (Å²) in [6.45, 7) is 0.408. The summed E-state index contributed by atoms with van der Waals surface area (Å²) in [6.07, 6.45) is 0.551. The van der Waals surface area contributed by atoms with Crippen LogP contribution in [0.1, 0.15) is 12.0 Å². The fraction of sp³-hybridized carbons (Fsp3) is 0.318. The number of benzene rings is 2. The van der Waals surface area contributed by atoms with Gasteiger partial charge in [0.15, 0.2) is 16.7 Å². The van der Waals surface area contributed by atoms with Gasteiger partial charge in [-0.05, 0) is 48.4 Å². The quantitative estimate of drug-likeness (QED) is 0.639. The van der Waals surface area contributed by atoms with Gasteiger partial charge in [-0.15, -0.1) is 0 Å². The topological polar surface area (TPSA) is 103 Å². The predicted molar refractivity (Wildman–Crippen MR) is 120 cm³/mol. The summed E-state index contributed by atoms with van der Waals surface area (Å²) in [6, 6.07) is 12.9. The summed E-state index contributed by atoms with van der Waals surface area (Å²) in [4.78, 5) is 30.6. The van der Waals surface area contributed by atoms with Gasteiger partial charge in [-0.2, -0.15) is 0 Å². The highest BCUT2D eigenvalue weighted by Crippen LogP contribution is 2.33. The molecule has 8 nitrogen and oxygen atoms in total. The summed E-state index contributed by atoms with van der Waals surface area (Å²) in [5, 5.41) is -0.0261. The lowest BCUT2D eigenvalue weighted by Crippen LogP contribution is -2.35. The molecule has 0 spiro atoms. The van der Waals surface area contributed by atoms with Crippen LogP contribution in [0.4, 0.5) is 5.69 Å². The first-order valence-corrected chi connectivity index (χ1v) is 10.5. The van der Waals surface area contributed by atoms with Gasteiger partial charge in [-0.3, -0.25) is 14.5 Å². The molecule has 3 rings (SSSR count). The Kier molecular flexibility index (Phi) is 7.41. The minimum atomic E-state index is -0.570. The molecule has 2 amide bonds. The van der Waals surface area contributed by atoms with Gasteiger partial charge in [0.2, 0.25) is 11.8 Å². The van der Waals surface area contributed by atoms with Crippen molar-refractivity contribution < 1.29 is 23.8 Å². The van der Waals surface area contributed by atoms with Gasteiger partial charge in [0.05, 0.1) is 27.0 Å². The van der Waals surface area contributed by atoms with Crippen molar-refractivity contribution in [1.29, 1.82) is 0 Å². The maximum absolute atomic E-state index is 12.9. The largest absolute Gasteiger partial charge is 0.497 e. The predicted octanol–water partition coefficient (Wildman–Crippen LogP) is 2.76. The van der Waals surface area contributed by atoms with Crippen molar-refractivity contribution >= 4 is 34.4 Å². The third-order valence-electron chi connectivity index (χ3n) is 4.78. The van der Waals surface area contributed by atoms with E-state index in [-0.39, 0.29) is 12.3 Å². The zero-order valence-corrected chi connectivity index (χ0v) is 18.5. The maximum atomic E-state index is 12.9. The van der Waals surface area contributed by atoms with Crippen LogP contribution in [0.2, 0.25) is 0 Å². The average molecular weight is 444 g/mol. The molecule has 1 saturated heterocycles. The molecular weight excluding hydrogens is 418 g/mol. The Balaban J connectivity index is 1.82. The number of amidine groups is 1. The number of hydrogen-bond acceptors (Lipinski definition) is 7. The number of carbonyl (C=O) groups is 2. The van der Waals surface area contributed by atoms with Crippen molar-refractivity contribution in [3.05, 3.63) is 48.0 Å². The highest BCUT2D eigenvalue weighted by atomic mass is 32.2. The first kappa shape index (κ1) is 22.5. The minimum Gasteiger partial charge on any atom is -0.497 e. The van der Waals surface area contributed by atoms with Gasteiger partial charge in [0.25, 0.3) is 0 Å². The smallest absolute Gasteiger partial charge is 0.242 e. The van der Waals surface area contributed by atoms with E-state index in [0.29, 0.717) is 35.3 Å². The van der Waals surface area contributed by atoms with E-state index in [1.54, 1.807) is 38.4 Å². The third kappa shape index (κ3) is 5.49. The van der Waals surface area contributed by atoms with Crippen LogP contribution in [-0.2, 0) is 16.0 Å². The molecule has 31 heavy (non-hydrogen) atoms. The number of nitrogens with two attached hydrogens (primary N) is 1. The Morgan fingerprint density at radius 1 is 1.06 bits per heavy atom. The van der Waals surface area contributed by atoms with Crippen molar-refractivity contribution in [3.8, 4) is 17.2 Å². The number of amides is 2. The average Bonchev–Trinajstić information content (AvgIpc) is 3.05. The number of primary amides is 1. The second kappa shape index (κ2) is 10.2. The third-order valence-corrected chi connectivity index (χ3v) is 5.95. The zero-order valence-electron chi connectivity index (χ0n) is 17.7. The molecule has 1 atom stereocenters. The molecule has 1 heterocycles. The van der Waals surface area contributed by atoms with Crippen LogP contribution in [0.5, 0.6) is 17.2 Å². The van der Waals surface area contributed by atoms with E-state index in [2.05, 4.69) is 4.99 Å². The second-order valence-corrected chi connectivity index (χ2v) is 7.97. The highest BCUT2D eigenvalue weighted by molar-refractivity contribution is 8.15. The molecule has 164 valence electrons. The van der Waals surface area contributed by atoms with E-state index in [0.717, 1.165) is 11.3 Å². The SMILES string of the molecule is COc1ccc(N=C2S[C@@H](CC(N)=O)C(=O)N2CCc2ccc(OC)c(OC)c2)cc1. The fourth-order valence-electron chi connectivity index (χ4n) is 3.16. The molecule has 0 unspecified atom stereocenters. The molecule has 2 aromatic carbocycles. The van der Waals surface area contributed by atoms with Crippen LogP contribution in [0.15, 0.2) is 47.5 Å². The number of rotatable bonds is 9. The van der Waals surface area contributed by atoms with Crippen LogP contribution < -0.4 is 19.9 Å².